The van der Waals surface area contributed by atoms with Crippen LogP contribution in [0.4, 0.5) is 0 Å². The van der Waals surface area contributed by atoms with Gasteiger partial charge in [0.2, 0.25) is 5.82 Å². The molecule has 0 saturated carbocycles. The first-order chi connectivity index (χ1) is 12.8. The van der Waals surface area contributed by atoms with Crippen molar-refractivity contribution in [1.29, 1.82) is 0 Å². The summed E-state index contributed by atoms with van der Waals surface area (Å²) in [5.41, 5.74) is 4.57. The van der Waals surface area contributed by atoms with Gasteiger partial charge in [0, 0.05) is 16.3 Å². The Morgan fingerprint density at radius 3 is 2.73 bits per heavy atom. The lowest BCUT2D eigenvalue weighted by atomic mass is 10.2. The Labute approximate surface area is 152 Å². The van der Waals surface area contributed by atoms with Gasteiger partial charge in [-0.3, -0.25) is 5.10 Å². The van der Waals surface area contributed by atoms with Gasteiger partial charge in [-0.1, -0.05) is 53.2 Å². The zero-order chi connectivity index (χ0) is 17.5. The van der Waals surface area contributed by atoms with E-state index in [1.807, 2.05) is 29.6 Å². The first-order valence-corrected chi connectivity index (χ1v) is 8.96. The molecule has 0 spiro atoms. The standard InChI is InChI=1S/C19H13N5OS/c1-11-6-8-12(9-7-11)19-20-15(10-26-19)18-21-17(24-25-18)16-13-4-2-3-5-14(13)22-23-16/h2-10H,1H3,(H,22,23). The molecule has 1 N–H and O–H groups in total. The molecular weight excluding hydrogens is 346 g/mol. The minimum atomic E-state index is 0.390. The summed E-state index contributed by atoms with van der Waals surface area (Å²) in [7, 11) is 0. The van der Waals surface area contributed by atoms with Gasteiger partial charge in [-0.25, -0.2) is 4.98 Å². The number of benzene rings is 2. The summed E-state index contributed by atoms with van der Waals surface area (Å²) in [6.07, 6.45) is 0. The van der Waals surface area contributed by atoms with Gasteiger partial charge in [0.1, 0.15) is 16.4 Å². The predicted octanol–water partition coefficient (Wildman–Crippen LogP) is 4.71. The normalized spacial score (nSPS) is 11.3. The lowest BCUT2D eigenvalue weighted by molar-refractivity contribution is 0.431. The van der Waals surface area contributed by atoms with Crippen LogP contribution >= 0.6 is 11.3 Å². The van der Waals surface area contributed by atoms with E-state index in [0.29, 0.717) is 23.1 Å². The number of aromatic amines is 1. The maximum atomic E-state index is 5.42. The van der Waals surface area contributed by atoms with Gasteiger partial charge in [-0.2, -0.15) is 10.1 Å². The summed E-state index contributed by atoms with van der Waals surface area (Å²) in [5, 5.41) is 15.2. The molecule has 126 valence electrons. The number of hydrogen-bond acceptors (Lipinski definition) is 6. The SMILES string of the molecule is Cc1ccc(-c2nc(-c3nc(-c4n[nH]c5ccccc45)no3)cs2)cc1. The Morgan fingerprint density at radius 2 is 1.85 bits per heavy atom. The largest absolute Gasteiger partial charge is 0.332 e. The molecule has 0 unspecified atom stereocenters. The Bertz CT molecular complexity index is 1200. The molecule has 0 bridgehead atoms. The van der Waals surface area contributed by atoms with Crippen molar-refractivity contribution in [2.45, 2.75) is 6.92 Å². The molecule has 0 amide bonds. The summed E-state index contributed by atoms with van der Waals surface area (Å²) in [5.74, 6) is 0.837. The van der Waals surface area contributed by atoms with Crippen LogP contribution in [0.1, 0.15) is 5.56 Å². The molecule has 0 radical (unpaired) electrons. The summed E-state index contributed by atoms with van der Waals surface area (Å²) in [4.78, 5) is 9.11. The van der Waals surface area contributed by atoms with E-state index in [2.05, 4.69) is 56.5 Å². The highest BCUT2D eigenvalue weighted by Gasteiger charge is 2.17. The van der Waals surface area contributed by atoms with Gasteiger partial charge >= 0.3 is 0 Å². The summed E-state index contributed by atoms with van der Waals surface area (Å²) < 4.78 is 5.42. The van der Waals surface area contributed by atoms with Gasteiger partial charge in [-0.15, -0.1) is 11.3 Å². The highest BCUT2D eigenvalue weighted by Crippen LogP contribution is 2.30. The van der Waals surface area contributed by atoms with Gasteiger partial charge < -0.3 is 4.52 Å². The number of rotatable bonds is 3. The Balaban J connectivity index is 1.50. The van der Waals surface area contributed by atoms with Crippen molar-refractivity contribution in [3.05, 3.63) is 59.5 Å². The average Bonchev–Trinajstić information content (AvgIpc) is 3.40. The second-order valence-corrected chi connectivity index (χ2v) is 6.80. The molecule has 26 heavy (non-hydrogen) atoms. The number of thiazole rings is 1. The molecule has 0 aliphatic carbocycles. The topological polar surface area (TPSA) is 80.5 Å². The van der Waals surface area contributed by atoms with Crippen molar-refractivity contribution in [3.63, 3.8) is 0 Å². The van der Waals surface area contributed by atoms with E-state index < -0.39 is 0 Å². The Kier molecular flexibility index (Phi) is 3.39. The lowest BCUT2D eigenvalue weighted by Gasteiger charge is -1.96. The first kappa shape index (κ1) is 15.0. The van der Waals surface area contributed by atoms with Crippen LogP contribution in [0.25, 0.3) is 44.6 Å². The minimum absolute atomic E-state index is 0.390. The van der Waals surface area contributed by atoms with Crippen LogP contribution in [-0.4, -0.2) is 25.3 Å². The smallest absolute Gasteiger partial charge is 0.277 e. The Morgan fingerprint density at radius 1 is 1.00 bits per heavy atom. The van der Waals surface area contributed by atoms with Crippen LogP contribution in [0, 0.1) is 6.92 Å². The predicted molar refractivity (Wildman–Crippen MR) is 101 cm³/mol. The van der Waals surface area contributed by atoms with Crippen molar-refractivity contribution in [3.8, 4) is 33.7 Å². The third-order valence-corrected chi connectivity index (χ3v) is 5.02. The second-order valence-electron chi connectivity index (χ2n) is 5.94. The molecule has 0 aliphatic rings. The molecule has 2 aromatic carbocycles. The number of aromatic nitrogens is 5. The maximum Gasteiger partial charge on any atom is 0.277 e. The molecule has 0 atom stereocenters. The molecule has 0 aliphatic heterocycles. The van der Waals surface area contributed by atoms with E-state index in [-0.39, 0.29) is 0 Å². The van der Waals surface area contributed by atoms with E-state index in [4.69, 9.17) is 4.52 Å². The van der Waals surface area contributed by atoms with Crippen LogP contribution in [0.2, 0.25) is 0 Å². The average molecular weight is 359 g/mol. The van der Waals surface area contributed by atoms with Gasteiger partial charge in [0.25, 0.3) is 5.89 Å². The number of aryl methyl sites for hydroxylation is 1. The molecule has 7 heteroatoms. The van der Waals surface area contributed by atoms with E-state index in [1.54, 1.807) is 11.3 Å². The van der Waals surface area contributed by atoms with Gasteiger partial charge in [-0.05, 0) is 13.0 Å². The van der Waals surface area contributed by atoms with E-state index in [1.165, 1.54) is 5.56 Å². The highest BCUT2D eigenvalue weighted by atomic mass is 32.1. The summed E-state index contributed by atoms with van der Waals surface area (Å²) in [6, 6.07) is 16.1. The molecule has 0 fully saturated rings. The van der Waals surface area contributed by atoms with Crippen molar-refractivity contribution >= 4 is 22.2 Å². The van der Waals surface area contributed by atoms with Crippen molar-refractivity contribution in [2.75, 3.05) is 0 Å². The van der Waals surface area contributed by atoms with Crippen LogP contribution in [0.3, 0.4) is 0 Å². The fourth-order valence-corrected chi connectivity index (χ4v) is 3.56. The van der Waals surface area contributed by atoms with Crippen LogP contribution in [-0.2, 0) is 0 Å². The van der Waals surface area contributed by atoms with E-state index in [0.717, 1.165) is 21.5 Å². The molecule has 0 saturated heterocycles. The number of nitrogens with zero attached hydrogens (tertiary/aromatic N) is 4. The molecule has 5 aromatic rings. The zero-order valence-electron chi connectivity index (χ0n) is 13.8. The Hall–Kier alpha value is -3.32. The summed E-state index contributed by atoms with van der Waals surface area (Å²) >= 11 is 1.55. The number of H-pyrrole nitrogens is 1. The third-order valence-electron chi connectivity index (χ3n) is 4.13. The minimum Gasteiger partial charge on any atom is -0.332 e. The molecule has 5 rings (SSSR count). The first-order valence-electron chi connectivity index (χ1n) is 8.08. The van der Waals surface area contributed by atoms with Crippen molar-refractivity contribution < 1.29 is 4.52 Å². The maximum absolute atomic E-state index is 5.42. The van der Waals surface area contributed by atoms with Gasteiger partial charge in [0.15, 0.2) is 0 Å². The van der Waals surface area contributed by atoms with Crippen molar-refractivity contribution in [2.24, 2.45) is 0 Å². The second kappa shape index (κ2) is 5.89. The van der Waals surface area contributed by atoms with E-state index in [9.17, 15) is 0 Å². The monoisotopic (exact) mass is 359 g/mol. The van der Waals surface area contributed by atoms with Crippen LogP contribution < -0.4 is 0 Å². The van der Waals surface area contributed by atoms with Crippen LogP contribution in [0.5, 0.6) is 0 Å². The number of para-hydroxylation sites is 1. The molecule has 3 heterocycles. The summed E-state index contributed by atoms with van der Waals surface area (Å²) in [6.45, 7) is 2.07. The molecule has 3 aromatic heterocycles. The van der Waals surface area contributed by atoms with Crippen LogP contribution in [0.15, 0.2) is 58.4 Å². The quantitative estimate of drug-likeness (QED) is 0.504. The number of hydrogen-bond donors (Lipinski definition) is 1. The lowest BCUT2D eigenvalue weighted by Crippen LogP contribution is -1.83. The molecule has 6 nitrogen and oxygen atoms in total. The van der Waals surface area contributed by atoms with Crippen molar-refractivity contribution in [1.82, 2.24) is 25.3 Å². The fourth-order valence-electron chi connectivity index (χ4n) is 2.76. The van der Waals surface area contributed by atoms with E-state index >= 15 is 0 Å². The fraction of sp³-hybridized carbons (Fsp3) is 0.0526. The van der Waals surface area contributed by atoms with Gasteiger partial charge in [0.05, 0.1) is 5.52 Å². The number of nitrogens with one attached hydrogen (secondary N) is 1. The third kappa shape index (κ3) is 2.49. The number of fused-ring (bicyclic) bond motifs is 1. The molecular formula is C19H13N5OS. The highest BCUT2D eigenvalue weighted by molar-refractivity contribution is 7.13. The zero-order valence-corrected chi connectivity index (χ0v) is 14.6.